The average Bonchev–Trinajstić information content (AvgIpc) is 2.28. The maximum absolute atomic E-state index is 13.1. The van der Waals surface area contributed by atoms with Crippen molar-refractivity contribution in [1.29, 1.82) is 0 Å². The number of halogens is 2. The second-order valence-electron chi connectivity index (χ2n) is 3.38. The van der Waals surface area contributed by atoms with E-state index in [4.69, 9.17) is 0 Å². The Labute approximate surface area is 103 Å². The Bertz CT molecular complexity index is 371. The smallest absolute Gasteiger partial charge is 0.221 e. The van der Waals surface area contributed by atoms with Crippen LogP contribution in [-0.2, 0) is 11.3 Å². The maximum atomic E-state index is 13.1. The lowest BCUT2D eigenvalue weighted by molar-refractivity contribution is -0.121. The number of carbonyl (C=O) groups excluding carboxylic acids is 1. The van der Waals surface area contributed by atoms with Gasteiger partial charge in [0.2, 0.25) is 5.91 Å². The zero-order valence-corrected chi connectivity index (χ0v) is 10.6. The molecule has 0 saturated carbocycles. The topological polar surface area (TPSA) is 41.1 Å². The molecule has 5 heteroatoms. The molecule has 0 atom stereocenters. The van der Waals surface area contributed by atoms with Crippen LogP contribution < -0.4 is 10.6 Å². The van der Waals surface area contributed by atoms with Crippen LogP contribution >= 0.6 is 15.9 Å². The van der Waals surface area contributed by atoms with Gasteiger partial charge in [0, 0.05) is 19.5 Å². The number of hydrogen-bond donors (Lipinski definition) is 2. The molecule has 0 heterocycles. The molecule has 3 nitrogen and oxygen atoms in total. The van der Waals surface area contributed by atoms with Crippen molar-refractivity contribution in [2.75, 3.05) is 13.6 Å². The SMILES string of the molecule is CNCCC(=O)NCc1ccc(Br)c(F)c1. The summed E-state index contributed by atoms with van der Waals surface area (Å²) in [4.78, 5) is 11.3. The van der Waals surface area contributed by atoms with Gasteiger partial charge >= 0.3 is 0 Å². The summed E-state index contributed by atoms with van der Waals surface area (Å²) in [7, 11) is 1.79. The molecule has 0 radical (unpaired) electrons. The van der Waals surface area contributed by atoms with Gasteiger partial charge in [0.05, 0.1) is 4.47 Å². The summed E-state index contributed by atoms with van der Waals surface area (Å²) in [5, 5.41) is 5.61. The van der Waals surface area contributed by atoms with Crippen LogP contribution in [0, 0.1) is 5.82 Å². The Kier molecular flexibility index (Phi) is 5.42. The van der Waals surface area contributed by atoms with Crippen LogP contribution in [0.2, 0.25) is 0 Å². The summed E-state index contributed by atoms with van der Waals surface area (Å²) in [6.07, 6.45) is 0.426. The minimum atomic E-state index is -0.318. The van der Waals surface area contributed by atoms with Gasteiger partial charge < -0.3 is 10.6 Å². The van der Waals surface area contributed by atoms with Crippen molar-refractivity contribution in [3.63, 3.8) is 0 Å². The zero-order chi connectivity index (χ0) is 12.0. The lowest BCUT2D eigenvalue weighted by Gasteiger charge is -2.05. The van der Waals surface area contributed by atoms with E-state index in [-0.39, 0.29) is 11.7 Å². The fourth-order valence-corrected chi connectivity index (χ4v) is 1.42. The standard InChI is InChI=1S/C11H14BrFN2O/c1-14-5-4-11(16)15-7-8-2-3-9(12)10(13)6-8/h2-3,6,14H,4-5,7H2,1H3,(H,15,16). The Hall–Kier alpha value is -0.940. The highest BCUT2D eigenvalue weighted by Gasteiger charge is 2.03. The first kappa shape index (κ1) is 13.1. The molecule has 0 aromatic heterocycles. The predicted octanol–water partition coefficient (Wildman–Crippen LogP) is 1.81. The second kappa shape index (κ2) is 6.60. The minimum absolute atomic E-state index is 0.0438. The van der Waals surface area contributed by atoms with E-state index in [0.29, 0.717) is 24.0 Å². The highest BCUT2D eigenvalue weighted by molar-refractivity contribution is 9.10. The molecule has 0 aliphatic carbocycles. The summed E-state index contributed by atoms with van der Waals surface area (Å²) in [5.74, 6) is -0.361. The third kappa shape index (κ3) is 4.28. The van der Waals surface area contributed by atoms with Crippen molar-refractivity contribution in [2.24, 2.45) is 0 Å². The van der Waals surface area contributed by atoms with Gasteiger partial charge in [0.15, 0.2) is 0 Å². The largest absolute Gasteiger partial charge is 0.352 e. The van der Waals surface area contributed by atoms with E-state index in [9.17, 15) is 9.18 Å². The van der Waals surface area contributed by atoms with Gasteiger partial charge in [-0.15, -0.1) is 0 Å². The van der Waals surface area contributed by atoms with Gasteiger partial charge in [0.25, 0.3) is 0 Å². The van der Waals surface area contributed by atoms with Crippen LogP contribution in [-0.4, -0.2) is 19.5 Å². The first-order chi connectivity index (χ1) is 7.63. The van der Waals surface area contributed by atoms with Gasteiger partial charge in [0.1, 0.15) is 5.82 Å². The van der Waals surface area contributed by atoms with Crippen molar-refractivity contribution < 1.29 is 9.18 Å². The fourth-order valence-electron chi connectivity index (χ4n) is 1.18. The summed E-state index contributed by atoms with van der Waals surface area (Å²) in [6.45, 7) is 0.993. The Balaban J connectivity index is 2.42. The molecule has 0 spiro atoms. The molecule has 0 aliphatic rings. The molecule has 0 bridgehead atoms. The predicted molar refractivity (Wildman–Crippen MR) is 64.5 cm³/mol. The Morgan fingerprint density at radius 2 is 2.25 bits per heavy atom. The third-order valence-electron chi connectivity index (χ3n) is 2.08. The molecule has 0 saturated heterocycles. The fraction of sp³-hybridized carbons (Fsp3) is 0.364. The highest BCUT2D eigenvalue weighted by atomic mass is 79.9. The van der Waals surface area contributed by atoms with Crippen LogP contribution in [0.15, 0.2) is 22.7 Å². The molecule has 1 rings (SSSR count). The molecule has 2 N–H and O–H groups in total. The lowest BCUT2D eigenvalue weighted by atomic mass is 10.2. The Morgan fingerprint density at radius 3 is 2.88 bits per heavy atom. The van der Waals surface area contributed by atoms with Crippen LogP contribution in [0.25, 0.3) is 0 Å². The average molecular weight is 289 g/mol. The summed E-state index contributed by atoms with van der Waals surface area (Å²) >= 11 is 3.07. The third-order valence-corrected chi connectivity index (χ3v) is 2.72. The molecular formula is C11H14BrFN2O. The number of amides is 1. The number of rotatable bonds is 5. The first-order valence-corrected chi connectivity index (χ1v) is 5.78. The van der Waals surface area contributed by atoms with Crippen molar-refractivity contribution >= 4 is 21.8 Å². The van der Waals surface area contributed by atoms with Crippen molar-refractivity contribution in [3.8, 4) is 0 Å². The van der Waals surface area contributed by atoms with E-state index in [1.54, 1.807) is 19.2 Å². The van der Waals surface area contributed by atoms with Crippen molar-refractivity contribution in [2.45, 2.75) is 13.0 Å². The Morgan fingerprint density at radius 1 is 1.50 bits per heavy atom. The number of hydrogen-bond acceptors (Lipinski definition) is 2. The first-order valence-electron chi connectivity index (χ1n) is 4.98. The second-order valence-corrected chi connectivity index (χ2v) is 4.23. The molecule has 1 aromatic carbocycles. The normalized spacial score (nSPS) is 10.2. The van der Waals surface area contributed by atoms with Crippen molar-refractivity contribution in [3.05, 3.63) is 34.1 Å². The van der Waals surface area contributed by atoms with Gasteiger partial charge in [-0.1, -0.05) is 6.07 Å². The van der Waals surface area contributed by atoms with Crippen LogP contribution in [0.5, 0.6) is 0 Å². The number of carbonyl (C=O) groups is 1. The molecule has 16 heavy (non-hydrogen) atoms. The van der Waals surface area contributed by atoms with Crippen molar-refractivity contribution in [1.82, 2.24) is 10.6 Å². The molecular weight excluding hydrogens is 275 g/mol. The molecule has 1 aromatic rings. The molecule has 0 aliphatic heterocycles. The number of benzene rings is 1. The molecule has 0 unspecified atom stereocenters. The highest BCUT2D eigenvalue weighted by Crippen LogP contribution is 2.16. The van der Waals surface area contributed by atoms with E-state index in [1.807, 2.05) is 0 Å². The molecule has 1 amide bonds. The van der Waals surface area contributed by atoms with Gasteiger partial charge in [-0.25, -0.2) is 4.39 Å². The lowest BCUT2D eigenvalue weighted by Crippen LogP contribution is -2.26. The van der Waals surface area contributed by atoms with E-state index < -0.39 is 0 Å². The van der Waals surface area contributed by atoms with Crippen LogP contribution in [0.3, 0.4) is 0 Å². The molecule has 0 fully saturated rings. The van der Waals surface area contributed by atoms with Crippen LogP contribution in [0.1, 0.15) is 12.0 Å². The van der Waals surface area contributed by atoms with Gasteiger partial charge in [-0.3, -0.25) is 4.79 Å². The van der Waals surface area contributed by atoms with E-state index in [0.717, 1.165) is 5.56 Å². The van der Waals surface area contributed by atoms with Gasteiger partial charge in [-0.2, -0.15) is 0 Å². The molecule has 88 valence electrons. The van der Waals surface area contributed by atoms with E-state index in [2.05, 4.69) is 26.6 Å². The van der Waals surface area contributed by atoms with Gasteiger partial charge in [-0.05, 0) is 40.7 Å². The van der Waals surface area contributed by atoms with E-state index >= 15 is 0 Å². The van der Waals surface area contributed by atoms with E-state index in [1.165, 1.54) is 6.07 Å². The maximum Gasteiger partial charge on any atom is 0.221 e. The quantitative estimate of drug-likeness (QED) is 0.868. The summed E-state index contributed by atoms with van der Waals surface area (Å²) in [5.41, 5.74) is 0.749. The zero-order valence-electron chi connectivity index (χ0n) is 9.02. The summed E-state index contributed by atoms with van der Waals surface area (Å²) < 4.78 is 13.6. The summed E-state index contributed by atoms with van der Waals surface area (Å²) in [6, 6.07) is 4.80. The number of nitrogens with one attached hydrogen (secondary N) is 2. The van der Waals surface area contributed by atoms with Crippen LogP contribution in [0.4, 0.5) is 4.39 Å². The minimum Gasteiger partial charge on any atom is -0.352 e. The monoisotopic (exact) mass is 288 g/mol.